The van der Waals surface area contributed by atoms with Gasteiger partial charge in [-0.3, -0.25) is 14.9 Å². The molecule has 1 aliphatic rings. The van der Waals surface area contributed by atoms with Crippen LogP contribution in [0.5, 0.6) is 5.75 Å². The molecule has 0 radical (unpaired) electrons. The summed E-state index contributed by atoms with van der Waals surface area (Å²) in [5, 5.41) is 7.64. The van der Waals surface area contributed by atoms with Crippen molar-refractivity contribution in [3.8, 4) is 5.75 Å². The van der Waals surface area contributed by atoms with Crippen LogP contribution >= 0.6 is 0 Å². The number of carbonyl (C=O) groups is 1. The molecule has 1 atom stereocenters. The summed E-state index contributed by atoms with van der Waals surface area (Å²) in [6.07, 6.45) is 3.80. The molecule has 0 bridgehead atoms. The molecule has 6 heteroatoms. The van der Waals surface area contributed by atoms with Crippen LogP contribution in [0, 0.1) is 0 Å². The fraction of sp³-hybridized carbons (Fsp3) is 0.400. The van der Waals surface area contributed by atoms with Crippen LogP contribution < -0.4 is 4.74 Å². The van der Waals surface area contributed by atoms with E-state index in [0.29, 0.717) is 25.5 Å². The molecule has 1 aliphatic heterocycles. The summed E-state index contributed by atoms with van der Waals surface area (Å²) in [5.74, 6) is 1.83. The molecule has 0 aliphatic carbocycles. The largest absolute Gasteiger partial charge is 0.493 e. The number of hydrogen-bond acceptors (Lipinski definition) is 4. The number of nitrogens with zero attached hydrogens (tertiary/aromatic N) is 3. The summed E-state index contributed by atoms with van der Waals surface area (Å²) in [6.45, 7) is 6.46. The number of benzene rings is 1. The van der Waals surface area contributed by atoms with Crippen LogP contribution in [-0.4, -0.2) is 45.7 Å². The molecule has 3 aromatic rings. The fourth-order valence-corrected chi connectivity index (χ4v) is 3.94. The number of pyridine rings is 1. The highest BCUT2D eigenvalue weighted by Crippen LogP contribution is 2.27. The highest BCUT2D eigenvalue weighted by Gasteiger charge is 2.29. The van der Waals surface area contributed by atoms with Gasteiger partial charge in [-0.2, -0.15) is 5.10 Å². The maximum absolute atomic E-state index is 12.6. The average molecular weight is 419 g/mol. The molecular formula is C25H30N4O2. The van der Waals surface area contributed by atoms with Crippen LogP contribution in [0.25, 0.3) is 0 Å². The molecule has 0 spiro atoms. The molecular weight excluding hydrogens is 388 g/mol. The number of carbonyl (C=O) groups excluding carboxylic acids is 1. The van der Waals surface area contributed by atoms with Gasteiger partial charge in [0.05, 0.1) is 18.7 Å². The number of nitrogens with one attached hydrogen (secondary N) is 1. The first-order valence-electron chi connectivity index (χ1n) is 11.0. The van der Waals surface area contributed by atoms with E-state index in [1.54, 1.807) is 6.20 Å². The molecule has 4 rings (SSSR count). The summed E-state index contributed by atoms with van der Waals surface area (Å²) in [4.78, 5) is 18.8. The number of amides is 1. The number of H-pyrrole nitrogens is 1. The van der Waals surface area contributed by atoms with E-state index >= 15 is 0 Å². The number of rotatable bonds is 8. The van der Waals surface area contributed by atoms with Gasteiger partial charge >= 0.3 is 0 Å². The van der Waals surface area contributed by atoms with E-state index in [2.05, 4.69) is 47.2 Å². The lowest BCUT2D eigenvalue weighted by Crippen LogP contribution is -2.30. The molecule has 0 saturated carbocycles. The number of aromatic amines is 1. The molecule has 6 nitrogen and oxygen atoms in total. The first kappa shape index (κ1) is 21.1. The van der Waals surface area contributed by atoms with Gasteiger partial charge in [0.1, 0.15) is 5.75 Å². The SMILES string of the molecule is CC(C)c1ccc(OCCc2cc([C@@H]3CCN(C(=O)Cc4ccccn4)C3)n[nH]2)cc1. The Labute approximate surface area is 183 Å². The molecule has 1 N–H and O–H groups in total. The van der Waals surface area contributed by atoms with E-state index in [1.807, 2.05) is 35.2 Å². The van der Waals surface area contributed by atoms with Gasteiger partial charge in [0.15, 0.2) is 0 Å². The summed E-state index contributed by atoms with van der Waals surface area (Å²) < 4.78 is 5.88. The van der Waals surface area contributed by atoms with Crippen LogP contribution in [0.1, 0.15) is 54.7 Å². The number of hydrogen-bond donors (Lipinski definition) is 1. The number of likely N-dealkylation sites (tertiary alicyclic amines) is 1. The Bertz CT molecular complexity index is 982. The van der Waals surface area contributed by atoms with Crippen molar-refractivity contribution in [1.29, 1.82) is 0 Å². The zero-order chi connectivity index (χ0) is 21.6. The third-order valence-corrected chi connectivity index (χ3v) is 5.86. The standard InChI is InChI=1S/C25H30N4O2/c1-18(2)19-6-8-23(9-7-19)31-14-11-22-15-24(28-27-22)20-10-13-29(17-20)25(30)16-21-5-3-4-12-26-21/h3-9,12,15,18,20H,10-11,13-14,16-17H2,1-2H3,(H,27,28)/t20-/m1/s1. The van der Waals surface area contributed by atoms with E-state index in [9.17, 15) is 4.79 Å². The van der Waals surface area contributed by atoms with Crippen molar-refractivity contribution in [2.45, 2.75) is 44.9 Å². The minimum Gasteiger partial charge on any atom is -0.493 e. The molecule has 162 valence electrons. The lowest BCUT2D eigenvalue weighted by molar-refractivity contribution is -0.129. The Morgan fingerprint density at radius 2 is 2.06 bits per heavy atom. The average Bonchev–Trinajstić information content (AvgIpc) is 3.45. The van der Waals surface area contributed by atoms with Gasteiger partial charge in [0.2, 0.25) is 5.91 Å². The Morgan fingerprint density at radius 3 is 2.81 bits per heavy atom. The Balaban J connectivity index is 1.24. The zero-order valence-corrected chi connectivity index (χ0v) is 18.3. The Kier molecular flexibility index (Phi) is 6.65. The first-order chi connectivity index (χ1) is 15.1. The van der Waals surface area contributed by atoms with Crippen LogP contribution in [0.15, 0.2) is 54.7 Å². The van der Waals surface area contributed by atoms with Crippen LogP contribution in [0.3, 0.4) is 0 Å². The lowest BCUT2D eigenvalue weighted by atomic mass is 10.0. The van der Waals surface area contributed by atoms with E-state index in [1.165, 1.54) is 5.56 Å². The molecule has 0 unspecified atom stereocenters. The van der Waals surface area contributed by atoms with Gasteiger partial charge in [-0.05, 0) is 48.2 Å². The van der Waals surface area contributed by atoms with Gasteiger partial charge in [-0.25, -0.2) is 0 Å². The monoisotopic (exact) mass is 418 g/mol. The topological polar surface area (TPSA) is 71.1 Å². The second-order valence-corrected chi connectivity index (χ2v) is 8.46. The van der Waals surface area contributed by atoms with Crippen LogP contribution in [-0.2, 0) is 17.6 Å². The van der Waals surface area contributed by atoms with Gasteiger partial charge in [-0.1, -0.05) is 32.0 Å². The van der Waals surface area contributed by atoms with E-state index < -0.39 is 0 Å². The normalized spacial score (nSPS) is 16.1. The van der Waals surface area contributed by atoms with Gasteiger partial charge in [0.25, 0.3) is 0 Å². The molecule has 1 aromatic carbocycles. The third kappa shape index (κ3) is 5.51. The second-order valence-electron chi connectivity index (χ2n) is 8.46. The molecule has 2 aromatic heterocycles. The van der Waals surface area contributed by atoms with Crippen molar-refractivity contribution in [2.75, 3.05) is 19.7 Å². The zero-order valence-electron chi connectivity index (χ0n) is 18.3. The molecule has 1 fully saturated rings. The maximum atomic E-state index is 12.6. The fourth-order valence-electron chi connectivity index (χ4n) is 3.94. The third-order valence-electron chi connectivity index (χ3n) is 5.86. The first-order valence-corrected chi connectivity index (χ1v) is 11.0. The number of ether oxygens (including phenoxy) is 1. The maximum Gasteiger partial charge on any atom is 0.228 e. The van der Waals surface area contributed by atoms with Gasteiger partial charge in [0, 0.05) is 43.0 Å². The molecule has 3 heterocycles. The summed E-state index contributed by atoms with van der Waals surface area (Å²) in [7, 11) is 0. The van der Waals surface area contributed by atoms with Crippen molar-refractivity contribution in [3.63, 3.8) is 0 Å². The second kappa shape index (κ2) is 9.77. The Morgan fingerprint density at radius 1 is 1.23 bits per heavy atom. The summed E-state index contributed by atoms with van der Waals surface area (Å²) in [6, 6.07) is 16.1. The van der Waals surface area contributed by atoms with E-state index in [-0.39, 0.29) is 11.8 Å². The highest BCUT2D eigenvalue weighted by atomic mass is 16.5. The quantitative estimate of drug-likeness (QED) is 0.598. The summed E-state index contributed by atoms with van der Waals surface area (Å²) in [5.41, 5.74) is 4.23. The van der Waals surface area contributed by atoms with Gasteiger partial charge < -0.3 is 9.64 Å². The van der Waals surface area contributed by atoms with Crippen LogP contribution in [0.2, 0.25) is 0 Å². The van der Waals surface area contributed by atoms with Gasteiger partial charge in [-0.15, -0.1) is 0 Å². The minimum atomic E-state index is 0.133. The molecule has 31 heavy (non-hydrogen) atoms. The van der Waals surface area contributed by atoms with Crippen molar-refractivity contribution in [3.05, 3.63) is 77.4 Å². The van der Waals surface area contributed by atoms with Crippen molar-refractivity contribution < 1.29 is 9.53 Å². The number of aromatic nitrogens is 3. The molecule has 1 saturated heterocycles. The highest BCUT2D eigenvalue weighted by molar-refractivity contribution is 5.78. The summed E-state index contributed by atoms with van der Waals surface area (Å²) >= 11 is 0. The van der Waals surface area contributed by atoms with Crippen molar-refractivity contribution in [1.82, 2.24) is 20.1 Å². The van der Waals surface area contributed by atoms with Crippen molar-refractivity contribution in [2.24, 2.45) is 0 Å². The predicted octanol–water partition coefficient (Wildman–Crippen LogP) is 4.11. The van der Waals surface area contributed by atoms with Crippen molar-refractivity contribution >= 4 is 5.91 Å². The minimum absolute atomic E-state index is 0.133. The van der Waals surface area contributed by atoms with E-state index in [0.717, 1.165) is 42.2 Å². The molecule has 1 amide bonds. The smallest absolute Gasteiger partial charge is 0.228 e. The van der Waals surface area contributed by atoms with Crippen LogP contribution in [0.4, 0.5) is 0 Å². The lowest BCUT2D eigenvalue weighted by Gasteiger charge is -2.15. The Hall–Kier alpha value is -3.15. The predicted molar refractivity (Wildman–Crippen MR) is 120 cm³/mol. The van der Waals surface area contributed by atoms with E-state index in [4.69, 9.17) is 4.74 Å².